The fourth-order valence-corrected chi connectivity index (χ4v) is 9.84. The minimum atomic E-state index is -0.588. The smallest absolute Gasteiger partial charge is 0.191 e. The van der Waals surface area contributed by atoms with Crippen molar-refractivity contribution in [1.82, 2.24) is 0 Å². The van der Waals surface area contributed by atoms with E-state index in [9.17, 15) is 10.2 Å². The third-order valence-corrected chi connectivity index (χ3v) is 11.6. The van der Waals surface area contributed by atoms with Gasteiger partial charge in [-0.2, -0.15) is 0 Å². The number of fused-ring (bicyclic) bond motifs is 7. The van der Waals surface area contributed by atoms with Crippen LogP contribution in [0.5, 0.6) is 0 Å². The van der Waals surface area contributed by atoms with Gasteiger partial charge in [0.15, 0.2) is 5.79 Å². The average molecular weight is 431 g/mol. The molecule has 2 aliphatic heterocycles. The van der Waals surface area contributed by atoms with E-state index in [1.54, 1.807) is 0 Å². The molecular weight excluding hydrogens is 388 g/mol. The molecule has 5 fully saturated rings. The Kier molecular flexibility index (Phi) is 4.64. The van der Waals surface area contributed by atoms with Gasteiger partial charge in [-0.05, 0) is 86.0 Å². The predicted molar refractivity (Wildman–Crippen MR) is 119 cm³/mol. The van der Waals surface area contributed by atoms with Crippen molar-refractivity contribution in [3.63, 3.8) is 0 Å². The zero-order valence-electron chi connectivity index (χ0n) is 19.8. The van der Waals surface area contributed by atoms with E-state index < -0.39 is 5.79 Å². The molecule has 0 aromatic rings. The molecule has 31 heavy (non-hydrogen) atoms. The molecule has 0 aromatic carbocycles. The normalized spacial score (nSPS) is 62.8. The Balaban J connectivity index is 1.31. The second-order valence-electron chi connectivity index (χ2n) is 12.8. The van der Waals surface area contributed by atoms with Crippen molar-refractivity contribution in [2.75, 3.05) is 6.61 Å². The van der Waals surface area contributed by atoms with E-state index in [1.807, 2.05) is 0 Å². The molecule has 174 valence electrons. The maximum atomic E-state index is 11.8. The molecule has 2 heterocycles. The molecule has 1 saturated heterocycles. The van der Waals surface area contributed by atoms with Gasteiger partial charge < -0.3 is 19.7 Å². The third kappa shape index (κ3) is 2.68. The highest BCUT2D eigenvalue weighted by atomic mass is 16.7. The number of rotatable bonds is 0. The van der Waals surface area contributed by atoms with Crippen LogP contribution in [-0.4, -0.2) is 40.9 Å². The van der Waals surface area contributed by atoms with Gasteiger partial charge in [-0.25, -0.2) is 0 Å². The van der Waals surface area contributed by atoms with Crippen LogP contribution in [0.3, 0.4) is 0 Å². The minimum absolute atomic E-state index is 0.0909. The first-order valence-electron chi connectivity index (χ1n) is 13.1. The summed E-state index contributed by atoms with van der Waals surface area (Å²) < 4.78 is 13.1. The van der Waals surface area contributed by atoms with Crippen molar-refractivity contribution in [1.29, 1.82) is 0 Å². The van der Waals surface area contributed by atoms with Gasteiger partial charge >= 0.3 is 0 Å². The molecule has 4 heteroatoms. The Morgan fingerprint density at radius 3 is 2.52 bits per heavy atom. The third-order valence-electron chi connectivity index (χ3n) is 11.6. The van der Waals surface area contributed by atoms with Crippen LogP contribution < -0.4 is 0 Å². The minimum Gasteiger partial charge on any atom is -0.393 e. The first kappa shape index (κ1) is 21.1. The number of aliphatic hydroxyl groups is 2. The van der Waals surface area contributed by atoms with Crippen LogP contribution in [0, 0.1) is 52.3 Å². The van der Waals surface area contributed by atoms with E-state index in [4.69, 9.17) is 9.47 Å². The molecule has 4 nitrogen and oxygen atoms in total. The lowest BCUT2D eigenvalue weighted by Crippen LogP contribution is -2.59. The summed E-state index contributed by atoms with van der Waals surface area (Å²) in [4.78, 5) is 0. The molecule has 0 unspecified atom stereocenters. The maximum absolute atomic E-state index is 11.8. The van der Waals surface area contributed by atoms with Crippen molar-refractivity contribution in [3.05, 3.63) is 12.2 Å². The maximum Gasteiger partial charge on any atom is 0.191 e. The fraction of sp³-hybridized carbons (Fsp3) is 0.926. The molecule has 0 aromatic heterocycles. The first-order valence-corrected chi connectivity index (χ1v) is 13.1. The second-order valence-corrected chi connectivity index (χ2v) is 12.8. The molecule has 2 N–H and O–H groups in total. The average Bonchev–Trinajstić information content (AvgIpc) is 3.18. The molecule has 4 aliphatic carbocycles. The molecule has 13 atom stereocenters. The van der Waals surface area contributed by atoms with Crippen LogP contribution in [0.2, 0.25) is 0 Å². The monoisotopic (exact) mass is 430 g/mol. The van der Waals surface area contributed by atoms with E-state index in [-0.39, 0.29) is 35.1 Å². The van der Waals surface area contributed by atoms with E-state index in [0.717, 1.165) is 38.7 Å². The number of ether oxygens (including phenoxy) is 2. The molecule has 0 radical (unpaired) electrons. The van der Waals surface area contributed by atoms with Gasteiger partial charge in [0.2, 0.25) is 0 Å². The van der Waals surface area contributed by atoms with E-state index in [2.05, 4.69) is 39.8 Å². The molecule has 0 amide bonds. The van der Waals surface area contributed by atoms with Crippen molar-refractivity contribution in [2.24, 2.45) is 52.3 Å². The Morgan fingerprint density at radius 2 is 1.77 bits per heavy atom. The summed E-state index contributed by atoms with van der Waals surface area (Å²) in [5.41, 5.74) is 0.188. The highest BCUT2D eigenvalue weighted by Crippen LogP contribution is 2.71. The van der Waals surface area contributed by atoms with Gasteiger partial charge in [0.25, 0.3) is 0 Å². The molecule has 6 rings (SSSR count). The Morgan fingerprint density at radius 1 is 0.968 bits per heavy atom. The Labute approximate surface area is 187 Å². The SMILES string of the molecule is C[C@@H]1C=C[C@@]2(OC1)O[C@H]1C[C@H]3[C@@H]4CC[C@H]5C[C@@H](O)CC[C@]5(C)[C@H]4C[C@@H](O)[C@]3(C)[C@H]1[C@@H]2C. The largest absolute Gasteiger partial charge is 0.393 e. The van der Waals surface area contributed by atoms with E-state index >= 15 is 0 Å². The molecule has 1 spiro atoms. The summed E-state index contributed by atoms with van der Waals surface area (Å²) in [5, 5.41) is 22.1. The number of hydrogen-bond donors (Lipinski definition) is 2. The number of hydrogen-bond acceptors (Lipinski definition) is 4. The van der Waals surface area contributed by atoms with E-state index in [1.165, 1.54) is 12.8 Å². The topological polar surface area (TPSA) is 58.9 Å². The second kappa shape index (κ2) is 6.81. The molecular formula is C27H42O4. The van der Waals surface area contributed by atoms with Gasteiger partial charge in [0.05, 0.1) is 24.9 Å². The summed E-state index contributed by atoms with van der Waals surface area (Å²) in [7, 11) is 0. The molecule has 4 saturated carbocycles. The van der Waals surface area contributed by atoms with Gasteiger partial charge in [0, 0.05) is 17.3 Å². The zero-order chi connectivity index (χ0) is 21.8. The van der Waals surface area contributed by atoms with Crippen LogP contribution in [0.1, 0.15) is 72.6 Å². The lowest BCUT2D eigenvalue weighted by atomic mass is 9.43. The van der Waals surface area contributed by atoms with Crippen LogP contribution in [0.4, 0.5) is 0 Å². The zero-order valence-corrected chi connectivity index (χ0v) is 19.8. The summed E-state index contributed by atoms with van der Waals surface area (Å²) in [6.45, 7) is 10.1. The predicted octanol–water partition coefficient (Wildman–Crippen LogP) is 4.54. The summed E-state index contributed by atoms with van der Waals surface area (Å²) in [5.74, 6) is 2.89. The lowest BCUT2D eigenvalue weighted by molar-refractivity contribution is -0.228. The van der Waals surface area contributed by atoms with Crippen molar-refractivity contribution >= 4 is 0 Å². The van der Waals surface area contributed by atoms with Crippen molar-refractivity contribution in [3.8, 4) is 0 Å². The van der Waals surface area contributed by atoms with Crippen molar-refractivity contribution < 1.29 is 19.7 Å². The van der Waals surface area contributed by atoms with Crippen LogP contribution in [0.25, 0.3) is 0 Å². The lowest BCUT2D eigenvalue weighted by Gasteiger charge is -2.62. The van der Waals surface area contributed by atoms with Crippen LogP contribution in [-0.2, 0) is 9.47 Å². The first-order chi connectivity index (χ1) is 14.7. The summed E-state index contributed by atoms with van der Waals surface area (Å²) in [6, 6.07) is 0. The fourth-order valence-electron chi connectivity index (χ4n) is 9.84. The van der Waals surface area contributed by atoms with Gasteiger partial charge in [-0.1, -0.05) is 33.8 Å². The van der Waals surface area contributed by atoms with Crippen LogP contribution in [0.15, 0.2) is 12.2 Å². The van der Waals surface area contributed by atoms with Gasteiger partial charge in [0.1, 0.15) is 0 Å². The Bertz CT molecular complexity index is 766. The summed E-state index contributed by atoms with van der Waals surface area (Å²) >= 11 is 0. The summed E-state index contributed by atoms with van der Waals surface area (Å²) in [6.07, 6.45) is 11.8. The Hall–Kier alpha value is -0.420. The van der Waals surface area contributed by atoms with E-state index in [0.29, 0.717) is 35.5 Å². The molecule has 0 bridgehead atoms. The highest BCUT2D eigenvalue weighted by Gasteiger charge is 2.71. The van der Waals surface area contributed by atoms with Gasteiger partial charge in [-0.15, -0.1) is 0 Å². The van der Waals surface area contributed by atoms with Crippen LogP contribution >= 0.6 is 0 Å². The molecule has 6 aliphatic rings. The highest BCUT2D eigenvalue weighted by molar-refractivity contribution is 5.20. The van der Waals surface area contributed by atoms with Crippen molar-refractivity contribution in [2.45, 2.75) is 96.7 Å². The number of aliphatic hydroxyl groups excluding tert-OH is 2. The quantitative estimate of drug-likeness (QED) is 0.554. The van der Waals surface area contributed by atoms with Gasteiger partial charge in [-0.3, -0.25) is 0 Å². The standard InChI is InChI=1S/C27H42O4/c1-15-7-10-27(30-14-15)16(2)24-22(31-27)12-21-19-6-5-17-11-18(28)8-9-25(17,3)20(19)13-23(29)26(21,24)4/h7,10,15-24,28-29H,5-6,8-9,11-14H2,1-4H3/t15-,16+,17+,18+,19-,20+,21+,22+,23-,24+,25+,26-,27-/m1/s1.